The Hall–Kier alpha value is -3.14. The van der Waals surface area contributed by atoms with Crippen LogP contribution in [0, 0.1) is 0 Å². The summed E-state index contributed by atoms with van der Waals surface area (Å²) in [6.07, 6.45) is 2.39. The van der Waals surface area contributed by atoms with Crippen molar-refractivity contribution in [1.29, 1.82) is 0 Å². The number of hydrogen-bond donors (Lipinski definition) is 0. The zero-order valence-corrected chi connectivity index (χ0v) is 22.2. The summed E-state index contributed by atoms with van der Waals surface area (Å²) in [5.41, 5.74) is 1.73. The lowest BCUT2D eigenvalue weighted by atomic mass is 10.0. The van der Waals surface area contributed by atoms with E-state index in [9.17, 15) is 19.2 Å². The zero-order valence-electron chi connectivity index (χ0n) is 22.2. The highest BCUT2D eigenvalue weighted by Crippen LogP contribution is 2.27. The lowest BCUT2D eigenvalue weighted by Gasteiger charge is -2.28. The van der Waals surface area contributed by atoms with E-state index in [1.165, 1.54) is 11.6 Å². The predicted molar refractivity (Wildman–Crippen MR) is 136 cm³/mol. The first-order valence-electron chi connectivity index (χ1n) is 12.4. The van der Waals surface area contributed by atoms with Crippen molar-refractivity contribution in [3.8, 4) is 0 Å². The monoisotopic (exact) mass is 502 g/mol. The maximum absolute atomic E-state index is 13.1. The van der Waals surface area contributed by atoms with Gasteiger partial charge in [-0.2, -0.15) is 0 Å². The van der Waals surface area contributed by atoms with Crippen molar-refractivity contribution in [2.24, 2.45) is 7.05 Å². The number of aromatic nitrogens is 2. The molecule has 10 nitrogen and oxygen atoms in total. The van der Waals surface area contributed by atoms with Crippen molar-refractivity contribution in [2.45, 2.75) is 64.5 Å². The van der Waals surface area contributed by atoms with Crippen LogP contribution in [0.3, 0.4) is 0 Å². The van der Waals surface area contributed by atoms with Gasteiger partial charge in [-0.25, -0.2) is 9.59 Å². The Kier molecular flexibility index (Phi) is 8.60. The van der Waals surface area contributed by atoms with Crippen LogP contribution in [0.25, 0.3) is 11.0 Å². The number of carbonyl (C=O) groups is 3. The molecule has 0 spiro atoms. The first-order chi connectivity index (χ1) is 16.9. The van der Waals surface area contributed by atoms with Crippen LogP contribution in [0.15, 0.2) is 23.0 Å². The quantitative estimate of drug-likeness (QED) is 0.386. The topological polar surface area (TPSA) is 103 Å². The molecule has 0 bridgehead atoms. The molecule has 1 aromatic heterocycles. The molecule has 2 heterocycles. The van der Waals surface area contributed by atoms with Gasteiger partial charge in [0.15, 0.2) is 0 Å². The summed E-state index contributed by atoms with van der Waals surface area (Å²) in [7, 11) is 4.89. The molecule has 1 aliphatic heterocycles. The Bertz CT molecular complexity index is 1180. The number of amides is 3. The molecule has 0 saturated carbocycles. The third-order valence-corrected chi connectivity index (χ3v) is 6.34. The Balaban J connectivity index is 1.56. The Labute approximate surface area is 211 Å². The van der Waals surface area contributed by atoms with Gasteiger partial charge < -0.3 is 14.4 Å². The Morgan fingerprint density at radius 1 is 1.11 bits per heavy atom. The number of likely N-dealkylation sites (tertiary alicyclic amines) is 1. The van der Waals surface area contributed by atoms with E-state index >= 15 is 0 Å². The van der Waals surface area contributed by atoms with Crippen LogP contribution in [-0.4, -0.2) is 76.3 Å². The third kappa shape index (κ3) is 6.16. The van der Waals surface area contributed by atoms with Crippen LogP contribution in [0.5, 0.6) is 0 Å². The molecular weight excluding hydrogens is 464 g/mol. The molecule has 1 unspecified atom stereocenters. The van der Waals surface area contributed by atoms with Crippen molar-refractivity contribution in [3.05, 3.63) is 34.2 Å². The highest BCUT2D eigenvalue weighted by Gasteiger charge is 2.35. The first kappa shape index (κ1) is 27.4. The number of likely N-dealkylation sites (N-methyl/N-ethyl adjacent to an activating group) is 1. The molecule has 2 aromatic rings. The van der Waals surface area contributed by atoms with Crippen molar-refractivity contribution in [3.63, 3.8) is 0 Å². The lowest BCUT2D eigenvalue weighted by Crippen LogP contribution is -2.45. The van der Waals surface area contributed by atoms with Crippen LogP contribution >= 0.6 is 0 Å². The van der Waals surface area contributed by atoms with Crippen molar-refractivity contribution in [2.75, 3.05) is 33.9 Å². The van der Waals surface area contributed by atoms with E-state index in [0.29, 0.717) is 44.5 Å². The van der Waals surface area contributed by atoms with Gasteiger partial charge in [0.05, 0.1) is 11.0 Å². The minimum absolute atomic E-state index is 0.221. The first-order valence-corrected chi connectivity index (χ1v) is 12.4. The van der Waals surface area contributed by atoms with Crippen LogP contribution < -0.4 is 5.69 Å². The maximum atomic E-state index is 13.1. The van der Waals surface area contributed by atoms with E-state index in [2.05, 4.69) is 0 Å². The third-order valence-electron chi connectivity index (χ3n) is 6.34. The number of benzene rings is 1. The van der Waals surface area contributed by atoms with Crippen molar-refractivity contribution in [1.82, 2.24) is 18.9 Å². The fraction of sp³-hybridized carbons (Fsp3) is 0.615. The van der Waals surface area contributed by atoms with Gasteiger partial charge in [0.25, 0.3) is 5.91 Å². The summed E-state index contributed by atoms with van der Waals surface area (Å²) in [5.74, 6) is -0.571. The SMILES string of the molecule is CN(CCCOCCCc1cccc2c1n(C)c(=O)n2C1CCC(=O)N(C)C1=O)C(=O)OC(C)(C)C. The molecule has 3 amide bonds. The molecule has 1 saturated heterocycles. The molecule has 3 rings (SSSR count). The second-order valence-corrected chi connectivity index (χ2v) is 10.3. The lowest BCUT2D eigenvalue weighted by molar-refractivity contribution is -0.149. The molecule has 0 N–H and O–H groups in total. The average Bonchev–Trinajstić information content (AvgIpc) is 3.06. The molecule has 1 fully saturated rings. The molecule has 1 aromatic carbocycles. The molecule has 0 radical (unpaired) electrons. The predicted octanol–water partition coefficient (Wildman–Crippen LogP) is 2.87. The molecule has 10 heteroatoms. The average molecular weight is 503 g/mol. The van der Waals surface area contributed by atoms with Gasteiger partial charge in [0.2, 0.25) is 5.91 Å². The van der Waals surface area contributed by atoms with Crippen molar-refractivity contribution < 1.29 is 23.9 Å². The largest absolute Gasteiger partial charge is 0.444 e. The molecule has 1 aliphatic rings. The van der Waals surface area contributed by atoms with E-state index in [0.717, 1.165) is 22.4 Å². The van der Waals surface area contributed by atoms with Crippen LogP contribution in [0.1, 0.15) is 58.1 Å². The number of carbonyl (C=O) groups excluding carboxylic acids is 3. The molecule has 36 heavy (non-hydrogen) atoms. The number of fused-ring (bicyclic) bond motifs is 1. The van der Waals surface area contributed by atoms with E-state index in [1.54, 1.807) is 23.6 Å². The fourth-order valence-electron chi connectivity index (χ4n) is 4.46. The summed E-state index contributed by atoms with van der Waals surface area (Å²) in [4.78, 5) is 52.4. The number of ether oxygens (including phenoxy) is 2. The highest BCUT2D eigenvalue weighted by atomic mass is 16.6. The number of aryl methyl sites for hydroxylation is 2. The smallest absolute Gasteiger partial charge is 0.410 e. The van der Waals surface area contributed by atoms with Gasteiger partial charge in [0.1, 0.15) is 11.6 Å². The molecular formula is C26H38N4O6. The standard InChI is InChI=1S/C26H38N4O6/c1-26(2,3)36-25(34)27(4)15-9-17-35-16-8-11-18-10-7-12-19-22(18)29(6)24(33)30(19)20-13-14-21(31)28(5)23(20)32/h7,10,12,20H,8-9,11,13-17H2,1-6H3. The van der Waals surface area contributed by atoms with Gasteiger partial charge in [0, 0.05) is 47.3 Å². The number of hydrogen-bond acceptors (Lipinski definition) is 6. The summed E-state index contributed by atoms with van der Waals surface area (Å²) >= 11 is 0. The Morgan fingerprint density at radius 2 is 1.81 bits per heavy atom. The van der Waals surface area contributed by atoms with Gasteiger partial charge in [-0.1, -0.05) is 12.1 Å². The Morgan fingerprint density at radius 3 is 2.50 bits per heavy atom. The summed E-state index contributed by atoms with van der Waals surface area (Å²) in [6, 6.07) is 5.05. The number of rotatable bonds is 9. The highest BCUT2D eigenvalue weighted by molar-refractivity contribution is 6.00. The minimum atomic E-state index is -0.679. The summed E-state index contributed by atoms with van der Waals surface area (Å²) in [5, 5.41) is 0. The van der Waals surface area contributed by atoms with E-state index in [1.807, 2.05) is 39.0 Å². The van der Waals surface area contributed by atoms with Crippen molar-refractivity contribution >= 4 is 28.9 Å². The number of para-hydroxylation sites is 1. The van der Waals surface area contributed by atoms with E-state index < -0.39 is 11.6 Å². The van der Waals surface area contributed by atoms with E-state index in [-0.39, 0.29) is 30.0 Å². The minimum Gasteiger partial charge on any atom is -0.444 e. The molecule has 1 atom stereocenters. The second-order valence-electron chi connectivity index (χ2n) is 10.3. The molecule has 0 aliphatic carbocycles. The fourth-order valence-corrected chi connectivity index (χ4v) is 4.46. The van der Waals surface area contributed by atoms with Gasteiger partial charge in [-0.15, -0.1) is 0 Å². The molecule has 198 valence electrons. The summed E-state index contributed by atoms with van der Waals surface area (Å²) in [6.45, 7) is 7.14. The second kappa shape index (κ2) is 11.3. The zero-order chi connectivity index (χ0) is 26.6. The van der Waals surface area contributed by atoms with Crippen LogP contribution in [0.4, 0.5) is 4.79 Å². The maximum Gasteiger partial charge on any atom is 0.410 e. The number of imide groups is 1. The van der Waals surface area contributed by atoms with E-state index in [4.69, 9.17) is 9.47 Å². The van der Waals surface area contributed by atoms with Crippen LogP contribution in [-0.2, 0) is 32.5 Å². The number of piperidine rings is 1. The van der Waals surface area contributed by atoms with Gasteiger partial charge >= 0.3 is 11.8 Å². The normalized spacial score (nSPS) is 16.6. The van der Waals surface area contributed by atoms with Gasteiger partial charge in [-0.05, 0) is 58.1 Å². The summed E-state index contributed by atoms with van der Waals surface area (Å²) < 4.78 is 14.2. The van der Waals surface area contributed by atoms with Crippen LogP contribution in [0.2, 0.25) is 0 Å². The number of imidazole rings is 1. The number of nitrogens with zero attached hydrogens (tertiary/aromatic N) is 4. The van der Waals surface area contributed by atoms with Gasteiger partial charge in [-0.3, -0.25) is 23.6 Å².